The van der Waals surface area contributed by atoms with E-state index in [2.05, 4.69) is 5.32 Å². The van der Waals surface area contributed by atoms with E-state index in [4.69, 9.17) is 0 Å². The van der Waals surface area contributed by atoms with Crippen molar-refractivity contribution >= 4 is 34.2 Å². The molecule has 0 unspecified atom stereocenters. The number of benzene rings is 3. The summed E-state index contributed by atoms with van der Waals surface area (Å²) >= 11 is 0. The van der Waals surface area contributed by atoms with Crippen LogP contribution in [0.3, 0.4) is 0 Å². The van der Waals surface area contributed by atoms with E-state index in [9.17, 15) is 14.4 Å². The van der Waals surface area contributed by atoms with Crippen molar-refractivity contribution < 1.29 is 14.4 Å². The fourth-order valence-corrected chi connectivity index (χ4v) is 4.38. The number of nitrogens with zero attached hydrogens (tertiary/aromatic N) is 2. The molecule has 1 N–H and O–H groups in total. The van der Waals surface area contributed by atoms with Gasteiger partial charge < -0.3 is 10.2 Å². The van der Waals surface area contributed by atoms with Crippen LogP contribution in [0.15, 0.2) is 66.7 Å². The Kier molecular flexibility index (Phi) is 6.96. The van der Waals surface area contributed by atoms with Crippen molar-refractivity contribution in [1.82, 2.24) is 10.2 Å². The molecule has 176 valence electrons. The maximum Gasteiger partial charge on any atom is 0.259 e. The van der Waals surface area contributed by atoms with Crippen molar-refractivity contribution in [2.75, 3.05) is 24.5 Å². The average Bonchev–Trinajstić information content (AvgIpc) is 3.11. The number of carbonyl (C=O) groups is 3. The van der Waals surface area contributed by atoms with E-state index in [-0.39, 0.29) is 24.3 Å². The first kappa shape index (κ1) is 23.5. The molecule has 0 aliphatic carbocycles. The van der Waals surface area contributed by atoms with Crippen LogP contribution in [0.5, 0.6) is 0 Å². The van der Waals surface area contributed by atoms with Gasteiger partial charge in [0.05, 0.1) is 5.69 Å². The van der Waals surface area contributed by atoms with Crippen molar-refractivity contribution in [3.63, 3.8) is 0 Å². The van der Waals surface area contributed by atoms with Gasteiger partial charge in [0.2, 0.25) is 11.8 Å². The van der Waals surface area contributed by atoms with Gasteiger partial charge in [-0.05, 0) is 42.3 Å². The molecule has 1 aliphatic rings. The predicted molar refractivity (Wildman–Crippen MR) is 135 cm³/mol. The molecule has 3 amide bonds. The van der Waals surface area contributed by atoms with E-state index in [0.29, 0.717) is 31.0 Å². The lowest BCUT2D eigenvalue weighted by Crippen LogP contribution is -2.52. The van der Waals surface area contributed by atoms with E-state index >= 15 is 0 Å². The number of anilines is 1. The molecule has 34 heavy (non-hydrogen) atoms. The molecule has 1 heterocycles. The summed E-state index contributed by atoms with van der Waals surface area (Å²) in [7, 11) is 0. The van der Waals surface area contributed by atoms with Crippen molar-refractivity contribution in [2.45, 2.75) is 33.2 Å². The minimum Gasteiger partial charge on any atom is -0.354 e. The largest absolute Gasteiger partial charge is 0.354 e. The fraction of sp³-hybridized carbons (Fsp3) is 0.321. The van der Waals surface area contributed by atoms with Gasteiger partial charge in [-0.15, -0.1) is 0 Å². The second-order valence-corrected chi connectivity index (χ2v) is 9.21. The Morgan fingerprint density at radius 2 is 1.65 bits per heavy atom. The normalized spacial score (nSPS) is 13.4. The third kappa shape index (κ3) is 4.81. The number of amides is 3. The quantitative estimate of drug-likeness (QED) is 0.527. The molecule has 1 aliphatic heterocycles. The zero-order valence-corrected chi connectivity index (χ0v) is 20.0. The number of rotatable bonds is 9. The summed E-state index contributed by atoms with van der Waals surface area (Å²) in [6, 6.07) is 20.6. The van der Waals surface area contributed by atoms with Gasteiger partial charge in [0.1, 0.15) is 12.6 Å². The van der Waals surface area contributed by atoms with E-state index < -0.39 is 6.04 Å². The van der Waals surface area contributed by atoms with Gasteiger partial charge in [0.15, 0.2) is 0 Å². The summed E-state index contributed by atoms with van der Waals surface area (Å²) in [5.74, 6) is -0.305. The zero-order valence-electron chi connectivity index (χ0n) is 20.0. The monoisotopic (exact) mass is 457 g/mol. The number of hydrogen-bond donors (Lipinski definition) is 1. The minimum atomic E-state index is -0.647. The molecule has 0 bridgehead atoms. The van der Waals surface area contributed by atoms with E-state index in [0.717, 1.165) is 22.0 Å². The first-order valence-electron chi connectivity index (χ1n) is 11.8. The van der Waals surface area contributed by atoms with Gasteiger partial charge in [0, 0.05) is 24.0 Å². The molecule has 3 aromatic carbocycles. The van der Waals surface area contributed by atoms with Gasteiger partial charge in [-0.2, -0.15) is 0 Å². The van der Waals surface area contributed by atoms with Crippen LogP contribution < -0.4 is 10.2 Å². The SMILES string of the molecule is CC(C)CNC(=O)[C@@H](C)N(CCc1ccccc1)C(=O)CN1C(=O)c2cccc3cccc1c23. The van der Waals surface area contributed by atoms with Crippen LogP contribution in [0, 0.1) is 5.92 Å². The van der Waals surface area contributed by atoms with Crippen molar-refractivity contribution in [1.29, 1.82) is 0 Å². The summed E-state index contributed by atoms with van der Waals surface area (Å²) in [5.41, 5.74) is 2.44. The minimum absolute atomic E-state index is 0.108. The molecule has 0 radical (unpaired) electrons. The topological polar surface area (TPSA) is 69.7 Å². The molecule has 0 saturated heterocycles. The Labute approximate surface area is 200 Å². The van der Waals surface area contributed by atoms with E-state index in [1.165, 1.54) is 4.90 Å². The molecule has 6 nitrogen and oxygen atoms in total. The second-order valence-electron chi connectivity index (χ2n) is 9.21. The van der Waals surface area contributed by atoms with Crippen LogP contribution in [0.4, 0.5) is 5.69 Å². The lowest BCUT2D eigenvalue weighted by Gasteiger charge is -2.30. The molecule has 6 heteroatoms. The Bertz CT molecular complexity index is 1200. The summed E-state index contributed by atoms with van der Waals surface area (Å²) < 4.78 is 0. The third-order valence-corrected chi connectivity index (χ3v) is 6.28. The van der Waals surface area contributed by atoms with Crippen molar-refractivity contribution in [2.24, 2.45) is 5.92 Å². The van der Waals surface area contributed by atoms with Crippen molar-refractivity contribution in [3.8, 4) is 0 Å². The van der Waals surface area contributed by atoms with Gasteiger partial charge in [0.25, 0.3) is 5.91 Å². The lowest BCUT2D eigenvalue weighted by atomic mass is 10.1. The molecular weight excluding hydrogens is 426 g/mol. The molecule has 3 aromatic rings. The zero-order chi connectivity index (χ0) is 24.2. The molecule has 0 saturated carbocycles. The number of nitrogens with one attached hydrogen (secondary N) is 1. The highest BCUT2D eigenvalue weighted by Gasteiger charge is 2.34. The Balaban J connectivity index is 1.56. The smallest absolute Gasteiger partial charge is 0.259 e. The average molecular weight is 458 g/mol. The van der Waals surface area contributed by atoms with Crippen LogP contribution in [-0.4, -0.2) is 48.3 Å². The molecule has 0 fully saturated rings. The van der Waals surface area contributed by atoms with E-state index in [1.807, 2.05) is 74.5 Å². The highest BCUT2D eigenvalue weighted by molar-refractivity contribution is 6.26. The molecular formula is C28H31N3O3. The molecule has 0 aromatic heterocycles. The van der Waals surface area contributed by atoms with Crippen LogP contribution in [0.1, 0.15) is 36.7 Å². The van der Waals surface area contributed by atoms with Crippen LogP contribution in [0.25, 0.3) is 10.8 Å². The van der Waals surface area contributed by atoms with Gasteiger partial charge in [-0.25, -0.2) is 0 Å². The molecule has 4 rings (SSSR count). The fourth-order valence-electron chi connectivity index (χ4n) is 4.38. The summed E-state index contributed by atoms with van der Waals surface area (Å²) in [5, 5.41) is 4.78. The van der Waals surface area contributed by atoms with E-state index in [1.54, 1.807) is 17.9 Å². The van der Waals surface area contributed by atoms with Crippen LogP contribution in [-0.2, 0) is 16.0 Å². The Hall–Kier alpha value is -3.67. The third-order valence-electron chi connectivity index (χ3n) is 6.28. The predicted octanol–water partition coefficient (Wildman–Crippen LogP) is 4.03. The van der Waals surface area contributed by atoms with Gasteiger partial charge in [-0.3, -0.25) is 19.3 Å². The first-order chi connectivity index (χ1) is 16.4. The molecule has 0 spiro atoms. The van der Waals surface area contributed by atoms with Gasteiger partial charge in [-0.1, -0.05) is 68.4 Å². The van der Waals surface area contributed by atoms with Crippen LogP contribution in [0.2, 0.25) is 0 Å². The Morgan fingerprint density at radius 3 is 2.35 bits per heavy atom. The maximum absolute atomic E-state index is 13.6. The summed E-state index contributed by atoms with van der Waals surface area (Å²) in [6.07, 6.45) is 0.623. The first-order valence-corrected chi connectivity index (χ1v) is 11.8. The van der Waals surface area contributed by atoms with Crippen molar-refractivity contribution in [3.05, 3.63) is 77.9 Å². The highest BCUT2D eigenvalue weighted by Crippen LogP contribution is 2.37. The lowest BCUT2D eigenvalue weighted by molar-refractivity contribution is -0.138. The number of carbonyl (C=O) groups excluding carboxylic acids is 3. The standard InChI is InChI=1S/C28H31N3O3/c1-19(2)17-29-27(33)20(3)30(16-15-21-9-5-4-6-10-21)25(32)18-31-24-14-8-12-22-11-7-13-23(26(22)24)28(31)34/h4-14,19-20H,15-18H2,1-3H3,(H,29,33)/t20-/m1/s1. The van der Waals surface area contributed by atoms with Gasteiger partial charge >= 0.3 is 0 Å². The highest BCUT2D eigenvalue weighted by atomic mass is 16.2. The summed E-state index contributed by atoms with van der Waals surface area (Å²) in [4.78, 5) is 42.7. The molecule has 1 atom stereocenters. The second kappa shape index (κ2) is 10.1. The summed E-state index contributed by atoms with van der Waals surface area (Å²) in [6.45, 7) is 6.63. The Morgan fingerprint density at radius 1 is 0.941 bits per heavy atom. The van der Waals surface area contributed by atoms with Crippen LogP contribution >= 0.6 is 0 Å². The maximum atomic E-state index is 13.6. The number of hydrogen-bond acceptors (Lipinski definition) is 3.